The molecule has 2 unspecified atom stereocenters. The second-order valence-electron chi connectivity index (χ2n) is 5.82. The highest BCUT2D eigenvalue weighted by Crippen LogP contribution is 2.50. The van der Waals surface area contributed by atoms with Crippen LogP contribution in [0.2, 0.25) is 0 Å². The molecular formula is C15H20O3. The number of hydrogen-bond acceptors (Lipinski definition) is 2. The second-order valence-corrected chi connectivity index (χ2v) is 5.82. The number of aliphatic hydroxyl groups is 1. The molecule has 0 spiro atoms. The third-order valence-corrected chi connectivity index (χ3v) is 4.45. The molecule has 1 aromatic carbocycles. The number of carboxylic acid groups (broad SMARTS) is 1. The molecule has 1 aromatic rings. The van der Waals surface area contributed by atoms with E-state index in [1.165, 1.54) is 0 Å². The molecule has 0 amide bonds. The van der Waals surface area contributed by atoms with E-state index in [9.17, 15) is 15.0 Å². The molecule has 2 rings (SSSR count). The van der Waals surface area contributed by atoms with Gasteiger partial charge in [-0.05, 0) is 43.7 Å². The highest BCUT2D eigenvalue weighted by molar-refractivity contribution is 5.76. The first-order valence-corrected chi connectivity index (χ1v) is 6.36. The first-order valence-electron chi connectivity index (χ1n) is 6.36. The van der Waals surface area contributed by atoms with Gasteiger partial charge in [-0.1, -0.05) is 31.2 Å². The topological polar surface area (TPSA) is 57.5 Å². The van der Waals surface area contributed by atoms with E-state index >= 15 is 0 Å². The van der Waals surface area contributed by atoms with Crippen LogP contribution in [0.4, 0.5) is 0 Å². The van der Waals surface area contributed by atoms with Crippen LogP contribution in [-0.2, 0) is 10.4 Å². The standard InChI is InChI=1S/C15H20O3/c1-10-8-9-15(18,14(2,3)13(16)17)12-7-5-4-6-11(10)12/h4-7,10,18H,8-9H2,1-3H3,(H,16,17). The minimum absolute atomic E-state index is 0.367. The Kier molecular flexibility index (Phi) is 2.98. The lowest BCUT2D eigenvalue weighted by atomic mass is 9.62. The number of carboxylic acids is 1. The van der Waals surface area contributed by atoms with E-state index in [1.807, 2.05) is 24.3 Å². The smallest absolute Gasteiger partial charge is 0.312 e. The summed E-state index contributed by atoms with van der Waals surface area (Å²) >= 11 is 0. The Morgan fingerprint density at radius 2 is 2.00 bits per heavy atom. The summed E-state index contributed by atoms with van der Waals surface area (Å²) in [5.41, 5.74) is -0.637. The van der Waals surface area contributed by atoms with E-state index in [4.69, 9.17) is 0 Å². The summed E-state index contributed by atoms with van der Waals surface area (Å²) in [6, 6.07) is 7.65. The van der Waals surface area contributed by atoms with Gasteiger partial charge < -0.3 is 10.2 Å². The van der Waals surface area contributed by atoms with Gasteiger partial charge in [-0.15, -0.1) is 0 Å². The van der Waals surface area contributed by atoms with Crippen LogP contribution in [0.5, 0.6) is 0 Å². The molecule has 0 radical (unpaired) electrons. The zero-order chi connectivity index (χ0) is 13.6. The van der Waals surface area contributed by atoms with Gasteiger partial charge in [-0.3, -0.25) is 4.79 Å². The van der Waals surface area contributed by atoms with E-state index in [1.54, 1.807) is 13.8 Å². The van der Waals surface area contributed by atoms with E-state index < -0.39 is 17.0 Å². The summed E-state index contributed by atoms with van der Waals surface area (Å²) in [4.78, 5) is 11.5. The molecule has 2 N–H and O–H groups in total. The van der Waals surface area contributed by atoms with Crippen LogP contribution in [-0.4, -0.2) is 16.2 Å². The molecule has 1 aliphatic carbocycles. The molecular weight excluding hydrogens is 228 g/mol. The molecule has 0 aliphatic heterocycles. The zero-order valence-electron chi connectivity index (χ0n) is 11.1. The normalized spacial score (nSPS) is 27.7. The maximum Gasteiger partial charge on any atom is 0.312 e. The average molecular weight is 248 g/mol. The van der Waals surface area contributed by atoms with Gasteiger partial charge in [0.2, 0.25) is 0 Å². The number of aliphatic carboxylic acids is 1. The zero-order valence-corrected chi connectivity index (χ0v) is 11.1. The van der Waals surface area contributed by atoms with Crippen LogP contribution >= 0.6 is 0 Å². The third kappa shape index (κ3) is 1.65. The first-order chi connectivity index (χ1) is 8.30. The van der Waals surface area contributed by atoms with Crippen LogP contribution in [0.15, 0.2) is 24.3 Å². The number of rotatable bonds is 2. The van der Waals surface area contributed by atoms with Gasteiger partial charge in [-0.2, -0.15) is 0 Å². The number of benzene rings is 1. The molecule has 0 heterocycles. The fourth-order valence-electron chi connectivity index (χ4n) is 2.85. The Morgan fingerprint density at radius 1 is 1.39 bits per heavy atom. The molecule has 18 heavy (non-hydrogen) atoms. The van der Waals surface area contributed by atoms with Crippen LogP contribution in [0.3, 0.4) is 0 Å². The molecule has 3 nitrogen and oxygen atoms in total. The summed E-state index contributed by atoms with van der Waals surface area (Å²) in [6.45, 7) is 5.32. The van der Waals surface area contributed by atoms with Crippen molar-refractivity contribution in [2.45, 2.75) is 45.1 Å². The maximum absolute atomic E-state index is 11.5. The molecule has 0 saturated heterocycles. The first kappa shape index (κ1) is 13.1. The predicted molar refractivity (Wildman–Crippen MR) is 69.4 cm³/mol. The molecule has 0 fully saturated rings. The van der Waals surface area contributed by atoms with Crippen molar-refractivity contribution in [3.05, 3.63) is 35.4 Å². The minimum Gasteiger partial charge on any atom is -0.481 e. The molecule has 0 bridgehead atoms. The van der Waals surface area contributed by atoms with E-state index in [-0.39, 0.29) is 0 Å². The van der Waals surface area contributed by atoms with Crippen molar-refractivity contribution in [3.63, 3.8) is 0 Å². The molecule has 98 valence electrons. The maximum atomic E-state index is 11.5. The van der Waals surface area contributed by atoms with Gasteiger partial charge in [0.25, 0.3) is 0 Å². The molecule has 1 aliphatic rings. The Balaban J connectivity index is 2.61. The van der Waals surface area contributed by atoms with Crippen molar-refractivity contribution in [1.82, 2.24) is 0 Å². The monoisotopic (exact) mass is 248 g/mol. The Bertz CT molecular complexity index is 478. The van der Waals surface area contributed by atoms with E-state index in [0.717, 1.165) is 17.5 Å². The van der Waals surface area contributed by atoms with Crippen LogP contribution < -0.4 is 0 Å². The summed E-state index contributed by atoms with van der Waals surface area (Å²) in [7, 11) is 0. The molecule has 3 heteroatoms. The van der Waals surface area contributed by atoms with Crippen LogP contribution in [0, 0.1) is 5.41 Å². The average Bonchev–Trinajstić information content (AvgIpc) is 2.34. The summed E-state index contributed by atoms with van der Waals surface area (Å²) in [5.74, 6) is -0.597. The largest absolute Gasteiger partial charge is 0.481 e. The lowest BCUT2D eigenvalue weighted by molar-refractivity contribution is -0.169. The summed E-state index contributed by atoms with van der Waals surface area (Å²) in [6.07, 6.45) is 1.30. The van der Waals surface area contributed by atoms with Crippen molar-refractivity contribution in [1.29, 1.82) is 0 Å². The van der Waals surface area contributed by atoms with E-state index in [2.05, 4.69) is 6.92 Å². The minimum atomic E-state index is -1.29. The lowest BCUT2D eigenvalue weighted by Gasteiger charge is -2.45. The number of fused-ring (bicyclic) bond motifs is 1. The lowest BCUT2D eigenvalue weighted by Crippen LogP contribution is -2.49. The van der Waals surface area contributed by atoms with Gasteiger partial charge in [-0.25, -0.2) is 0 Å². The van der Waals surface area contributed by atoms with Crippen molar-refractivity contribution < 1.29 is 15.0 Å². The van der Waals surface area contributed by atoms with Gasteiger partial charge in [0.05, 0.1) is 5.41 Å². The Hall–Kier alpha value is -1.35. The summed E-state index contributed by atoms with van der Waals surface area (Å²) < 4.78 is 0. The fraction of sp³-hybridized carbons (Fsp3) is 0.533. The van der Waals surface area contributed by atoms with Crippen molar-refractivity contribution in [2.24, 2.45) is 5.41 Å². The van der Waals surface area contributed by atoms with E-state index in [0.29, 0.717) is 12.3 Å². The van der Waals surface area contributed by atoms with Crippen molar-refractivity contribution in [2.75, 3.05) is 0 Å². The Morgan fingerprint density at radius 3 is 2.61 bits per heavy atom. The SMILES string of the molecule is CC1CCC(O)(C(C)(C)C(=O)O)c2ccccc21. The highest BCUT2D eigenvalue weighted by atomic mass is 16.4. The van der Waals surface area contributed by atoms with Gasteiger partial charge in [0, 0.05) is 0 Å². The number of carbonyl (C=O) groups is 1. The Labute approximate surface area is 107 Å². The highest BCUT2D eigenvalue weighted by Gasteiger charge is 2.52. The second kappa shape index (κ2) is 4.09. The van der Waals surface area contributed by atoms with Gasteiger partial charge in [0.15, 0.2) is 0 Å². The van der Waals surface area contributed by atoms with Crippen LogP contribution in [0.1, 0.15) is 50.7 Å². The number of hydrogen-bond donors (Lipinski definition) is 2. The van der Waals surface area contributed by atoms with Gasteiger partial charge in [0.1, 0.15) is 5.60 Å². The molecule has 0 aromatic heterocycles. The molecule has 2 atom stereocenters. The summed E-state index contributed by atoms with van der Waals surface area (Å²) in [5, 5.41) is 20.3. The van der Waals surface area contributed by atoms with Crippen molar-refractivity contribution in [3.8, 4) is 0 Å². The molecule has 0 saturated carbocycles. The third-order valence-electron chi connectivity index (χ3n) is 4.45. The fourth-order valence-corrected chi connectivity index (χ4v) is 2.85. The predicted octanol–water partition coefficient (Wildman–Crippen LogP) is 2.88. The van der Waals surface area contributed by atoms with Crippen molar-refractivity contribution >= 4 is 5.97 Å². The van der Waals surface area contributed by atoms with Gasteiger partial charge >= 0.3 is 5.97 Å². The van der Waals surface area contributed by atoms with Crippen LogP contribution in [0.25, 0.3) is 0 Å². The quantitative estimate of drug-likeness (QED) is 0.846.